The zero-order valence-corrected chi connectivity index (χ0v) is 14.5. The van der Waals surface area contributed by atoms with Crippen LogP contribution >= 0.6 is 0 Å². The minimum Gasteiger partial charge on any atom is -0.496 e. The van der Waals surface area contributed by atoms with Gasteiger partial charge in [-0.05, 0) is 25.8 Å². The SMILES string of the molecule is CCNC(=NCCCCC(F)(F)F)N(C)Cc1ccccc1OC. The molecule has 0 aliphatic carbocycles. The van der Waals surface area contributed by atoms with Gasteiger partial charge in [0.15, 0.2) is 5.96 Å². The molecule has 0 aliphatic rings. The molecular formula is C17H26F3N3O. The molecule has 0 atom stereocenters. The lowest BCUT2D eigenvalue weighted by molar-refractivity contribution is -0.135. The Bertz CT molecular complexity index is 518. The smallest absolute Gasteiger partial charge is 0.389 e. The molecule has 0 spiro atoms. The van der Waals surface area contributed by atoms with E-state index in [2.05, 4.69) is 10.3 Å². The fraction of sp³-hybridized carbons (Fsp3) is 0.588. The van der Waals surface area contributed by atoms with Crippen molar-refractivity contribution in [2.75, 3.05) is 27.2 Å². The van der Waals surface area contributed by atoms with Gasteiger partial charge in [0.25, 0.3) is 0 Å². The number of rotatable bonds is 8. The molecule has 1 N–H and O–H groups in total. The van der Waals surface area contributed by atoms with Crippen LogP contribution < -0.4 is 10.1 Å². The van der Waals surface area contributed by atoms with Gasteiger partial charge in [-0.3, -0.25) is 4.99 Å². The number of hydrogen-bond donors (Lipinski definition) is 1. The van der Waals surface area contributed by atoms with E-state index in [1.807, 2.05) is 43.1 Å². The molecule has 0 unspecified atom stereocenters. The van der Waals surface area contributed by atoms with E-state index in [9.17, 15) is 13.2 Å². The Hall–Kier alpha value is -1.92. The normalized spacial score (nSPS) is 12.2. The maximum Gasteiger partial charge on any atom is 0.389 e. The van der Waals surface area contributed by atoms with Crippen LogP contribution in [0.5, 0.6) is 5.75 Å². The number of ether oxygens (including phenoxy) is 1. The zero-order chi connectivity index (χ0) is 18.0. The third-order valence-corrected chi connectivity index (χ3v) is 3.43. The van der Waals surface area contributed by atoms with Gasteiger partial charge in [0.1, 0.15) is 5.75 Å². The van der Waals surface area contributed by atoms with Gasteiger partial charge in [0, 0.05) is 38.7 Å². The van der Waals surface area contributed by atoms with E-state index < -0.39 is 12.6 Å². The van der Waals surface area contributed by atoms with Crippen LogP contribution in [0.2, 0.25) is 0 Å². The second-order valence-electron chi connectivity index (χ2n) is 5.48. The number of nitrogens with zero attached hydrogens (tertiary/aromatic N) is 2. The van der Waals surface area contributed by atoms with Crippen LogP contribution in [0, 0.1) is 0 Å². The number of methoxy groups -OCH3 is 1. The zero-order valence-electron chi connectivity index (χ0n) is 14.5. The molecule has 0 radical (unpaired) electrons. The standard InChI is InChI=1S/C17H26F3N3O/c1-4-21-16(22-12-8-7-11-17(18,19)20)23(2)13-14-9-5-6-10-15(14)24-3/h5-6,9-10H,4,7-8,11-13H2,1-3H3,(H,21,22). The largest absolute Gasteiger partial charge is 0.496 e. The van der Waals surface area contributed by atoms with E-state index in [0.717, 1.165) is 11.3 Å². The second-order valence-corrected chi connectivity index (χ2v) is 5.48. The Balaban J connectivity index is 2.60. The van der Waals surface area contributed by atoms with E-state index in [4.69, 9.17) is 4.74 Å². The van der Waals surface area contributed by atoms with Crippen LogP contribution in [0.15, 0.2) is 29.3 Å². The third-order valence-electron chi connectivity index (χ3n) is 3.43. The molecule has 0 saturated heterocycles. The van der Waals surface area contributed by atoms with Crippen molar-refractivity contribution in [2.45, 2.75) is 38.9 Å². The molecule has 7 heteroatoms. The third kappa shape index (κ3) is 7.57. The molecule has 136 valence electrons. The predicted molar refractivity (Wildman–Crippen MR) is 90.3 cm³/mol. The summed E-state index contributed by atoms with van der Waals surface area (Å²) in [6.07, 6.45) is -4.33. The summed E-state index contributed by atoms with van der Waals surface area (Å²) in [5.41, 5.74) is 1.02. The first kappa shape index (κ1) is 20.1. The van der Waals surface area contributed by atoms with E-state index >= 15 is 0 Å². The molecule has 0 bridgehead atoms. The van der Waals surface area contributed by atoms with Crippen LogP contribution in [-0.2, 0) is 6.54 Å². The number of halogens is 3. The maximum atomic E-state index is 12.1. The Labute approximate surface area is 141 Å². The van der Waals surface area contributed by atoms with Crippen molar-refractivity contribution in [3.63, 3.8) is 0 Å². The summed E-state index contributed by atoms with van der Waals surface area (Å²) in [5.74, 6) is 1.47. The number of aliphatic imine (C=N–C) groups is 1. The van der Waals surface area contributed by atoms with Crippen LogP contribution in [0.1, 0.15) is 31.7 Å². The van der Waals surface area contributed by atoms with Gasteiger partial charge < -0.3 is 15.0 Å². The van der Waals surface area contributed by atoms with Gasteiger partial charge in [0.2, 0.25) is 0 Å². The van der Waals surface area contributed by atoms with Crippen molar-refractivity contribution in [3.8, 4) is 5.75 Å². The van der Waals surface area contributed by atoms with E-state index in [1.54, 1.807) is 7.11 Å². The van der Waals surface area contributed by atoms with Gasteiger partial charge in [0.05, 0.1) is 7.11 Å². The highest BCUT2D eigenvalue weighted by Crippen LogP contribution is 2.22. The molecule has 0 aromatic heterocycles. The Morgan fingerprint density at radius 1 is 1.25 bits per heavy atom. The molecule has 1 rings (SSSR count). The van der Waals surface area contributed by atoms with Crippen molar-refractivity contribution in [3.05, 3.63) is 29.8 Å². The highest BCUT2D eigenvalue weighted by atomic mass is 19.4. The Kier molecular flexibility index (Phi) is 8.43. The lowest BCUT2D eigenvalue weighted by Crippen LogP contribution is -2.38. The molecule has 4 nitrogen and oxygen atoms in total. The molecule has 0 fully saturated rings. The summed E-state index contributed by atoms with van der Waals surface area (Å²) in [6.45, 7) is 3.61. The highest BCUT2D eigenvalue weighted by molar-refractivity contribution is 5.79. The minimum atomic E-state index is -4.09. The van der Waals surface area contributed by atoms with Crippen molar-refractivity contribution >= 4 is 5.96 Å². The van der Waals surface area contributed by atoms with E-state index in [-0.39, 0.29) is 6.42 Å². The summed E-state index contributed by atoms with van der Waals surface area (Å²) < 4.78 is 41.7. The van der Waals surface area contributed by atoms with Crippen molar-refractivity contribution in [2.24, 2.45) is 4.99 Å². The highest BCUT2D eigenvalue weighted by Gasteiger charge is 2.25. The van der Waals surface area contributed by atoms with Crippen LogP contribution in [-0.4, -0.2) is 44.3 Å². The number of unbranched alkanes of at least 4 members (excludes halogenated alkanes) is 1. The molecule has 1 aromatic carbocycles. The van der Waals surface area contributed by atoms with Gasteiger partial charge in [-0.15, -0.1) is 0 Å². The first-order valence-corrected chi connectivity index (χ1v) is 8.05. The molecular weight excluding hydrogens is 319 g/mol. The summed E-state index contributed by atoms with van der Waals surface area (Å²) >= 11 is 0. The molecule has 24 heavy (non-hydrogen) atoms. The average molecular weight is 345 g/mol. The number of hydrogen-bond acceptors (Lipinski definition) is 2. The summed E-state index contributed by atoms with van der Waals surface area (Å²) in [5, 5.41) is 3.16. The molecule has 0 aliphatic heterocycles. The Morgan fingerprint density at radius 3 is 2.58 bits per heavy atom. The first-order valence-electron chi connectivity index (χ1n) is 8.05. The monoisotopic (exact) mass is 345 g/mol. The molecule has 0 saturated carbocycles. The Morgan fingerprint density at radius 2 is 1.96 bits per heavy atom. The van der Waals surface area contributed by atoms with Gasteiger partial charge in [-0.25, -0.2) is 0 Å². The maximum absolute atomic E-state index is 12.1. The van der Waals surface area contributed by atoms with Crippen LogP contribution in [0.25, 0.3) is 0 Å². The summed E-state index contributed by atoms with van der Waals surface area (Å²) in [4.78, 5) is 6.34. The average Bonchev–Trinajstić information content (AvgIpc) is 2.53. The number of nitrogens with one attached hydrogen (secondary N) is 1. The number of alkyl halides is 3. The number of para-hydroxylation sites is 1. The van der Waals surface area contributed by atoms with Gasteiger partial charge in [-0.2, -0.15) is 13.2 Å². The summed E-state index contributed by atoms with van der Waals surface area (Å²) in [6, 6.07) is 7.71. The molecule has 1 aromatic rings. The van der Waals surface area contributed by atoms with Crippen LogP contribution in [0.3, 0.4) is 0 Å². The molecule has 0 heterocycles. The lowest BCUT2D eigenvalue weighted by Gasteiger charge is -2.23. The van der Waals surface area contributed by atoms with E-state index in [0.29, 0.717) is 32.0 Å². The van der Waals surface area contributed by atoms with Crippen molar-refractivity contribution < 1.29 is 17.9 Å². The molecule has 0 amide bonds. The van der Waals surface area contributed by atoms with Crippen molar-refractivity contribution in [1.82, 2.24) is 10.2 Å². The van der Waals surface area contributed by atoms with Gasteiger partial charge >= 0.3 is 6.18 Å². The fourth-order valence-corrected chi connectivity index (χ4v) is 2.26. The lowest BCUT2D eigenvalue weighted by atomic mass is 10.2. The summed E-state index contributed by atoms with van der Waals surface area (Å²) in [7, 11) is 3.52. The predicted octanol–water partition coefficient (Wildman–Crippen LogP) is 3.83. The second kappa shape index (κ2) is 10.1. The minimum absolute atomic E-state index is 0.0998. The quantitative estimate of drug-likeness (QED) is 0.442. The van der Waals surface area contributed by atoms with E-state index in [1.165, 1.54) is 0 Å². The number of benzene rings is 1. The van der Waals surface area contributed by atoms with Gasteiger partial charge in [-0.1, -0.05) is 18.2 Å². The van der Waals surface area contributed by atoms with Crippen molar-refractivity contribution in [1.29, 1.82) is 0 Å². The van der Waals surface area contributed by atoms with Crippen LogP contribution in [0.4, 0.5) is 13.2 Å². The fourth-order valence-electron chi connectivity index (χ4n) is 2.26. The first-order chi connectivity index (χ1) is 11.4. The number of guanidine groups is 1. The topological polar surface area (TPSA) is 36.9 Å².